The Morgan fingerprint density at radius 3 is 1.62 bits per heavy atom. The number of ketones is 1. The van der Waals surface area contributed by atoms with Gasteiger partial charge in [0.1, 0.15) is 5.76 Å². The molecular formula is C43H48IrN2O2-2. The first-order chi connectivity index (χ1) is 22.1. The molecule has 2 heterocycles. The maximum absolute atomic E-state index is 11.5. The summed E-state index contributed by atoms with van der Waals surface area (Å²) in [6.07, 6.45) is 5.08. The minimum Gasteiger partial charge on any atom is -0.512 e. The molecule has 0 atom stereocenters. The Morgan fingerprint density at radius 2 is 1.19 bits per heavy atom. The van der Waals surface area contributed by atoms with Gasteiger partial charge in [-0.2, -0.15) is 0 Å². The van der Waals surface area contributed by atoms with Crippen LogP contribution in [0, 0.1) is 23.0 Å². The van der Waals surface area contributed by atoms with Gasteiger partial charge in [-0.15, -0.1) is 71.8 Å². The number of allylic oxidation sites excluding steroid dienone is 2. The van der Waals surface area contributed by atoms with Crippen molar-refractivity contribution in [2.75, 3.05) is 0 Å². The third kappa shape index (κ3) is 12.4. The molecule has 5 rings (SSSR count). The van der Waals surface area contributed by atoms with Gasteiger partial charge in [0.2, 0.25) is 0 Å². The minimum absolute atomic E-state index is 0. The number of benzene rings is 3. The molecule has 0 aliphatic rings. The van der Waals surface area contributed by atoms with Gasteiger partial charge in [0.25, 0.3) is 0 Å². The molecule has 0 saturated heterocycles. The van der Waals surface area contributed by atoms with Crippen LogP contribution in [0.4, 0.5) is 0 Å². The van der Waals surface area contributed by atoms with Crippen LogP contribution in [0.2, 0.25) is 0 Å². The number of nitrogens with zero attached hydrogens (tertiary/aromatic N) is 2. The van der Waals surface area contributed by atoms with E-state index in [0.717, 1.165) is 28.1 Å². The summed E-state index contributed by atoms with van der Waals surface area (Å²) in [4.78, 5) is 20.3. The van der Waals surface area contributed by atoms with Crippen molar-refractivity contribution >= 4 is 5.78 Å². The molecular weight excluding hydrogens is 769 g/mol. The van der Waals surface area contributed by atoms with E-state index in [1.165, 1.54) is 17.2 Å². The van der Waals surface area contributed by atoms with Gasteiger partial charge in [-0.25, -0.2) is 0 Å². The number of aromatic nitrogens is 2. The Morgan fingerprint density at radius 1 is 0.646 bits per heavy atom. The van der Waals surface area contributed by atoms with E-state index in [-0.39, 0.29) is 42.5 Å². The quantitative estimate of drug-likeness (QED) is 0.111. The Balaban J connectivity index is 0.000000266. The van der Waals surface area contributed by atoms with E-state index < -0.39 is 5.41 Å². The summed E-state index contributed by atoms with van der Waals surface area (Å²) in [7, 11) is 0. The molecule has 48 heavy (non-hydrogen) atoms. The van der Waals surface area contributed by atoms with E-state index in [9.17, 15) is 9.90 Å². The fraction of sp³-hybridized carbons (Fsp3) is 0.279. The molecule has 0 aliphatic carbocycles. The van der Waals surface area contributed by atoms with E-state index in [1.807, 2.05) is 114 Å². The van der Waals surface area contributed by atoms with Crippen LogP contribution in [0.3, 0.4) is 0 Å². The Labute approximate surface area is 301 Å². The average molecular weight is 817 g/mol. The largest absolute Gasteiger partial charge is 0.512 e. The molecule has 2 aromatic heterocycles. The number of pyridine rings is 2. The van der Waals surface area contributed by atoms with Crippen molar-refractivity contribution in [2.45, 2.75) is 67.7 Å². The zero-order valence-electron chi connectivity index (χ0n) is 29.6. The fourth-order valence-electron chi connectivity index (χ4n) is 4.29. The maximum Gasteiger partial charge on any atom is 0.164 e. The van der Waals surface area contributed by atoms with E-state index >= 15 is 0 Å². The number of hydrogen-bond donors (Lipinski definition) is 1. The molecule has 0 spiro atoms. The van der Waals surface area contributed by atoms with Crippen molar-refractivity contribution in [1.29, 1.82) is 0 Å². The normalized spacial score (nSPS) is 11.6. The summed E-state index contributed by atoms with van der Waals surface area (Å²) in [6.45, 7) is 17.8. The first-order valence-corrected chi connectivity index (χ1v) is 15.9. The Hall–Kier alpha value is -4.18. The molecule has 3 aromatic carbocycles. The molecule has 0 unspecified atom stereocenters. The van der Waals surface area contributed by atoms with Gasteiger partial charge in [0.05, 0.1) is 0 Å². The van der Waals surface area contributed by atoms with Crippen molar-refractivity contribution in [3.05, 3.63) is 145 Å². The summed E-state index contributed by atoms with van der Waals surface area (Å²) in [5.74, 6) is 0.104. The molecule has 0 fully saturated rings. The molecule has 0 saturated carbocycles. The number of aliphatic hydroxyl groups is 1. The van der Waals surface area contributed by atoms with E-state index in [1.54, 1.807) is 6.20 Å². The van der Waals surface area contributed by atoms with Gasteiger partial charge in [-0.3, -0.25) is 4.79 Å². The fourth-order valence-corrected chi connectivity index (χ4v) is 4.29. The summed E-state index contributed by atoms with van der Waals surface area (Å²) < 4.78 is 0. The van der Waals surface area contributed by atoms with Crippen molar-refractivity contribution in [3.63, 3.8) is 0 Å². The third-order valence-electron chi connectivity index (χ3n) is 7.22. The second-order valence-electron chi connectivity index (χ2n) is 14.4. The SMILES string of the molecule is CC(C)(C)C(=O)/C=C(\O)C(C)(C)C.CC(C)(C)c1ccccc1-c1ccc(-c2[c-]cccc2)nc1.[Ir].[c-]1ccccc1-c1ccccn1. The molecule has 5 aromatic rings. The summed E-state index contributed by atoms with van der Waals surface area (Å²) in [6, 6.07) is 40.7. The van der Waals surface area contributed by atoms with Crippen LogP contribution in [0.15, 0.2) is 127 Å². The summed E-state index contributed by atoms with van der Waals surface area (Å²) >= 11 is 0. The van der Waals surface area contributed by atoms with Crippen LogP contribution >= 0.6 is 0 Å². The molecule has 4 nitrogen and oxygen atoms in total. The van der Waals surface area contributed by atoms with Crippen LogP contribution < -0.4 is 0 Å². The van der Waals surface area contributed by atoms with Gasteiger partial charge in [-0.1, -0.05) is 111 Å². The van der Waals surface area contributed by atoms with Crippen molar-refractivity contribution in [1.82, 2.24) is 9.97 Å². The standard InChI is InChI=1S/C21H20N.C11H8N.C11H20O2.Ir/c1-21(2,3)19-12-8-7-11-18(19)17-13-14-20(22-15-17)16-9-5-4-6-10-16;1-2-6-10(7-3-1)11-8-4-5-9-12-11;1-10(2,3)8(12)7-9(13)11(4,5)6;/h4-9,11-15H,1-3H3;1-6,8-9H;7,12H,1-6H3;/q2*-1;;/b;;8-7-;. The van der Waals surface area contributed by atoms with Crippen molar-refractivity contribution in [3.8, 4) is 33.6 Å². The van der Waals surface area contributed by atoms with Gasteiger partial charge in [0.15, 0.2) is 5.78 Å². The Kier molecular flexibility index (Phi) is 14.9. The van der Waals surface area contributed by atoms with Gasteiger partial charge in [0, 0.05) is 49.4 Å². The van der Waals surface area contributed by atoms with Crippen LogP contribution in [-0.2, 0) is 30.3 Å². The van der Waals surface area contributed by atoms with E-state index in [2.05, 4.69) is 79.3 Å². The molecule has 0 bridgehead atoms. The monoisotopic (exact) mass is 817 g/mol. The smallest absolute Gasteiger partial charge is 0.164 e. The number of aliphatic hydroxyl groups excluding tert-OH is 1. The minimum atomic E-state index is -0.417. The molecule has 1 N–H and O–H groups in total. The van der Waals surface area contributed by atoms with Crippen molar-refractivity contribution in [2.24, 2.45) is 10.8 Å². The molecule has 253 valence electrons. The average Bonchev–Trinajstić information content (AvgIpc) is 3.05. The van der Waals surface area contributed by atoms with Crippen molar-refractivity contribution < 1.29 is 30.0 Å². The second-order valence-corrected chi connectivity index (χ2v) is 14.4. The zero-order valence-corrected chi connectivity index (χ0v) is 32.0. The van der Waals surface area contributed by atoms with Gasteiger partial charge >= 0.3 is 0 Å². The molecule has 1 radical (unpaired) electrons. The molecule has 0 amide bonds. The maximum atomic E-state index is 11.5. The van der Waals surface area contributed by atoms with E-state index in [4.69, 9.17) is 0 Å². The molecule has 0 aliphatic heterocycles. The zero-order chi connectivity index (χ0) is 34.7. The van der Waals surface area contributed by atoms with Crippen LogP contribution in [0.25, 0.3) is 33.6 Å². The first-order valence-electron chi connectivity index (χ1n) is 15.9. The Bertz CT molecular complexity index is 1670. The predicted octanol–water partition coefficient (Wildman–Crippen LogP) is 11.1. The van der Waals surface area contributed by atoms with E-state index in [0.29, 0.717) is 0 Å². The third-order valence-corrected chi connectivity index (χ3v) is 7.22. The van der Waals surface area contributed by atoms with Crippen LogP contribution in [-0.4, -0.2) is 20.9 Å². The topological polar surface area (TPSA) is 63.1 Å². The second kappa shape index (κ2) is 17.8. The molecule has 5 heteroatoms. The van der Waals surface area contributed by atoms with Crippen LogP contribution in [0.5, 0.6) is 0 Å². The van der Waals surface area contributed by atoms with Gasteiger partial charge in [-0.05, 0) is 39.6 Å². The number of hydrogen-bond acceptors (Lipinski definition) is 4. The number of rotatable bonds is 4. The first kappa shape index (κ1) is 40.0. The number of carbonyl (C=O) groups excluding carboxylic acids is 1. The number of carbonyl (C=O) groups is 1. The van der Waals surface area contributed by atoms with Crippen LogP contribution in [0.1, 0.15) is 67.9 Å². The predicted molar refractivity (Wildman–Crippen MR) is 196 cm³/mol. The summed E-state index contributed by atoms with van der Waals surface area (Å²) in [5.41, 5.74) is 7.10. The van der Waals surface area contributed by atoms with Gasteiger partial charge < -0.3 is 15.1 Å². The summed E-state index contributed by atoms with van der Waals surface area (Å²) in [5, 5.41) is 9.56.